The number of nitrogens with one attached hydrogen (secondary N) is 2. The number of fused-ring (bicyclic) bond motifs is 1. The lowest BCUT2D eigenvalue weighted by Crippen LogP contribution is -2.41. The summed E-state index contributed by atoms with van der Waals surface area (Å²) in [5.41, 5.74) is 1.08. The van der Waals surface area contributed by atoms with Gasteiger partial charge in [0.15, 0.2) is 0 Å². The Morgan fingerprint density at radius 3 is 2.48 bits per heavy atom. The van der Waals surface area contributed by atoms with Crippen molar-refractivity contribution < 1.29 is 4.79 Å². The molecule has 21 heavy (non-hydrogen) atoms. The first-order valence-corrected chi connectivity index (χ1v) is 7.43. The minimum absolute atomic E-state index is 0.0912. The second-order valence-electron chi connectivity index (χ2n) is 6.41. The molecule has 0 radical (unpaired) electrons. The molecule has 0 aliphatic carbocycles. The van der Waals surface area contributed by atoms with Crippen molar-refractivity contribution >= 4 is 16.7 Å². The van der Waals surface area contributed by atoms with Gasteiger partial charge in [-0.05, 0) is 43.2 Å². The number of amides is 1. The van der Waals surface area contributed by atoms with E-state index < -0.39 is 0 Å². The number of carbonyl (C=O) groups excluding carboxylic acids is 1. The van der Waals surface area contributed by atoms with E-state index in [1.54, 1.807) is 0 Å². The zero-order valence-corrected chi connectivity index (χ0v) is 13.1. The van der Waals surface area contributed by atoms with E-state index in [2.05, 4.69) is 47.0 Å². The van der Waals surface area contributed by atoms with Crippen molar-refractivity contribution in [1.29, 1.82) is 0 Å². The Kier molecular flexibility index (Phi) is 4.97. The quantitative estimate of drug-likeness (QED) is 0.828. The first-order valence-electron chi connectivity index (χ1n) is 7.43. The van der Waals surface area contributed by atoms with Crippen molar-refractivity contribution in [2.75, 3.05) is 6.54 Å². The smallest absolute Gasteiger partial charge is 0.221 e. The fraction of sp³-hybridized carbons (Fsp3) is 0.389. The van der Waals surface area contributed by atoms with Crippen molar-refractivity contribution in [2.45, 2.75) is 39.3 Å². The molecule has 0 heterocycles. The molecule has 1 amide bonds. The van der Waals surface area contributed by atoms with Crippen LogP contribution in [0.3, 0.4) is 0 Å². The zero-order valence-electron chi connectivity index (χ0n) is 13.1. The summed E-state index contributed by atoms with van der Waals surface area (Å²) in [5, 5.41) is 8.79. The average molecular weight is 284 g/mol. The van der Waals surface area contributed by atoms with Crippen LogP contribution in [0.2, 0.25) is 0 Å². The molecule has 0 aliphatic rings. The Hall–Kier alpha value is -1.87. The van der Waals surface area contributed by atoms with Gasteiger partial charge in [-0.25, -0.2) is 0 Å². The highest BCUT2D eigenvalue weighted by molar-refractivity contribution is 5.83. The van der Waals surface area contributed by atoms with Crippen molar-refractivity contribution in [3.8, 4) is 0 Å². The zero-order chi connectivity index (χ0) is 15.3. The number of benzene rings is 2. The molecule has 0 fully saturated rings. The van der Waals surface area contributed by atoms with E-state index in [1.807, 2.05) is 26.8 Å². The summed E-state index contributed by atoms with van der Waals surface area (Å²) in [4.78, 5) is 11.7. The molecule has 3 nitrogen and oxygen atoms in total. The van der Waals surface area contributed by atoms with Gasteiger partial charge in [-0.2, -0.15) is 0 Å². The van der Waals surface area contributed by atoms with Crippen LogP contribution in [0.1, 0.15) is 32.8 Å². The molecule has 0 bridgehead atoms. The van der Waals surface area contributed by atoms with Gasteiger partial charge in [-0.3, -0.25) is 4.79 Å². The van der Waals surface area contributed by atoms with Crippen molar-refractivity contribution in [3.63, 3.8) is 0 Å². The highest BCUT2D eigenvalue weighted by atomic mass is 16.1. The third-order valence-electron chi connectivity index (χ3n) is 3.19. The summed E-state index contributed by atoms with van der Waals surface area (Å²) < 4.78 is 0. The van der Waals surface area contributed by atoms with Crippen LogP contribution in [0, 0.1) is 0 Å². The molecule has 0 spiro atoms. The summed E-state index contributed by atoms with van der Waals surface area (Å²) in [5.74, 6) is 0.0912. The highest BCUT2D eigenvalue weighted by Crippen LogP contribution is 2.15. The van der Waals surface area contributed by atoms with E-state index in [-0.39, 0.29) is 11.4 Å². The van der Waals surface area contributed by atoms with E-state index in [0.717, 1.165) is 6.54 Å². The van der Waals surface area contributed by atoms with Gasteiger partial charge in [0.1, 0.15) is 0 Å². The Labute approximate surface area is 126 Å². The lowest BCUT2D eigenvalue weighted by atomic mass is 10.1. The molecule has 0 saturated carbocycles. The largest absolute Gasteiger partial charge is 0.351 e. The van der Waals surface area contributed by atoms with Crippen LogP contribution in [-0.4, -0.2) is 18.0 Å². The monoisotopic (exact) mass is 284 g/mol. The van der Waals surface area contributed by atoms with Crippen LogP contribution in [0.15, 0.2) is 42.5 Å². The van der Waals surface area contributed by atoms with Crippen LogP contribution in [0.5, 0.6) is 0 Å². The van der Waals surface area contributed by atoms with Crippen molar-refractivity contribution in [1.82, 2.24) is 10.6 Å². The maximum atomic E-state index is 11.7. The summed E-state index contributed by atoms with van der Waals surface area (Å²) in [6.07, 6.45) is 0.505. The molecule has 2 aromatic rings. The van der Waals surface area contributed by atoms with Gasteiger partial charge in [0.25, 0.3) is 0 Å². The van der Waals surface area contributed by atoms with Crippen LogP contribution in [0.25, 0.3) is 10.8 Å². The van der Waals surface area contributed by atoms with Crippen molar-refractivity contribution in [3.05, 3.63) is 48.0 Å². The van der Waals surface area contributed by atoms with Crippen LogP contribution >= 0.6 is 0 Å². The van der Waals surface area contributed by atoms with E-state index in [0.29, 0.717) is 13.0 Å². The standard InChI is InChI=1S/C18H24N2O/c1-18(2,3)20-17(21)10-11-19-13-14-8-9-15-6-4-5-7-16(15)12-14/h4-9,12,19H,10-11,13H2,1-3H3,(H,20,21). The number of rotatable bonds is 5. The molecular formula is C18H24N2O. The molecule has 0 atom stereocenters. The van der Waals surface area contributed by atoms with Gasteiger partial charge in [0.2, 0.25) is 5.91 Å². The first kappa shape index (κ1) is 15.5. The Balaban J connectivity index is 1.79. The third-order valence-corrected chi connectivity index (χ3v) is 3.19. The second kappa shape index (κ2) is 6.72. The number of hydrogen-bond donors (Lipinski definition) is 2. The third kappa shape index (κ3) is 5.20. The molecule has 3 heteroatoms. The molecule has 112 valence electrons. The van der Waals surface area contributed by atoms with Gasteiger partial charge in [0.05, 0.1) is 0 Å². The molecule has 2 rings (SSSR count). The summed E-state index contributed by atoms with van der Waals surface area (Å²) in [6, 6.07) is 14.8. The molecule has 0 saturated heterocycles. The van der Waals surface area contributed by atoms with Gasteiger partial charge in [0, 0.05) is 25.0 Å². The minimum atomic E-state index is -0.157. The van der Waals surface area contributed by atoms with E-state index >= 15 is 0 Å². The van der Waals surface area contributed by atoms with Gasteiger partial charge >= 0.3 is 0 Å². The Bertz CT molecular complexity index is 614. The lowest BCUT2D eigenvalue weighted by Gasteiger charge is -2.20. The topological polar surface area (TPSA) is 41.1 Å². The fourth-order valence-electron chi connectivity index (χ4n) is 2.26. The summed E-state index contributed by atoms with van der Waals surface area (Å²) >= 11 is 0. The summed E-state index contributed by atoms with van der Waals surface area (Å²) in [6.45, 7) is 7.45. The molecule has 0 aromatic heterocycles. The molecule has 0 aliphatic heterocycles. The molecule has 0 unspecified atom stereocenters. The number of hydrogen-bond acceptors (Lipinski definition) is 2. The minimum Gasteiger partial charge on any atom is -0.351 e. The lowest BCUT2D eigenvalue weighted by molar-refractivity contribution is -0.122. The highest BCUT2D eigenvalue weighted by Gasteiger charge is 2.12. The second-order valence-corrected chi connectivity index (χ2v) is 6.41. The predicted octanol–water partition coefficient (Wildman–Crippen LogP) is 3.23. The molecular weight excluding hydrogens is 260 g/mol. The van der Waals surface area contributed by atoms with E-state index in [9.17, 15) is 4.79 Å². The summed E-state index contributed by atoms with van der Waals surface area (Å²) in [7, 11) is 0. The predicted molar refractivity (Wildman–Crippen MR) is 88.2 cm³/mol. The van der Waals surface area contributed by atoms with Crippen LogP contribution in [0.4, 0.5) is 0 Å². The number of carbonyl (C=O) groups is 1. The van der Waals surface area contributed by atoms with E-state index in [1.165, 1.54) is 16.3 Å². The fourth-order valence-corrected chi connectivity index (χ4v) is 2.26. The normalized spacial score (nSPS) is 11.6. The molecule has 2 aromatic carbocycles. The Morgan fingerprint density at radius 2 is 1.76 bits per heavy atom. The SMILES string of the molecule is CC(C)(C)NC(=O)CCNCc1ccc2ccccc2c1. The molecule has 2 N–H and O–H groups in total. The maximum Gasteiger partial charge on any atom is 0.221 e. The van der Waals surface area contributed by atoms with Gasteiger partial charge < -0.3 is 10.6 Å². The van der Waals surface area contributed by atoms with Crippen LogP contribution < -0.4 is 10.6 Å². The van der Waals surface area contributed by atoms with E-state index in [4.69, 9.17) is 0 Å². The van der Waals surface area contributed by atoms with Gasteiger partial charge in [-0.15, -0.1) is 0 Å². The maximum absolute atomic E-state index is 11.7. The average Bonchev–Trinajstić information content (AvgIpc) is 2.41. The first-order chi connectivity index (χ1) is 9.94. The Morgan fingerprint density at radius 1 is 1.05 bits per heavy atom. The van der Waals surface area contributed by atoms with Gasteiger partial charge in [-0.1, -0.05) is 36.4 Å². The van der Waals surface area contributed by atoms with Crippen LogP contribution in [-0.2, 0) is 11.3 Å². The van der Waals surface area contributed by atoms with Crippen molar-refractivity contribution in [2.24, 2.45) is 0 Å².